The molecule has 88 valence electrons. The van der Waals surface area contributed by atoms with Crippen LogP contribution in [0.1, 0.15) is 12.5 Å². The Balaban J connectivity index is 2.00. The van der Waals surface area contributed by atoms with Gasteiger partial charge < -0.3 is 9.80 Å². The predicted octanol–water partition coefficient (Wildman–Crippen LogP) is 0.622. The van der Waals surface area contributed by atoms with E-state index >= 15 is 0 Å². The van der Waals surface area contributed by atoms with Crippen molar-refractivity contribution < 1.29 is 4.79 Å². The summed E-state index contributed by atoms with van der Waals surface area (Å²) in [6.07, 6.45) is 1.58. The molecule has 5 nitrogen and oxygen atoms in total. The minimum absolute atomic E-state index is 0.123. The van der Waals surface area contributed by atoms with Crippen molar-refractivity contribution in [1.29, 1.82) is 5.26 Å². The highest BCUT2D eigenvalue weighted by Gasteiger charge is 2.19. The lowest BCUT2D eigenvalue weighted by atomic mass is 10.2. The number of carbonyl (C=O) groups is 1. The summed E-state index contributed by atoms with van der Waals surface area (Å²) in [6, 6.07) is 5.66. The zero-order chi connectivity index (χ0) is 12.3. The maximum Gasteiger partial charge on any atom is 0.219 e. The molecule has 1 amide bonds. The van der Waals surface area contributed by atoms with Crippen LogP contribution in [0.3, 0.4) is 0 Å². The fourth-order valence-corrected chi connectivity index (χ4v) is 1.89. The van der Waals surface area contributed by atoms with Crippen LogP contribution in [-0.4, -0.2) is 42.0 Å². The summed E-state index contributed by atoms with van der Waals surface area (Å²) in [7, 11) is 0. The highest BCUT2D eigenvalue weighted by molar-refractivity contribution is 5.73. The average molecular weight is 230 g/mol. The maximum atomic E-state index is 11.2. The number of nitriles is 1. The van der Waals surface area contributed by atoms with Gasteiger partial charge in [-0.15, -0.1) is 0 Å². The van der Waals surface area contributed by atoms with Crippen molar-refractivity contribution in [2.24, 2.45) is 0 Å². The van der Waals surface area contributed by atoms with E-state index in [0.29, 0.717) is 5.56 Å². The number of amides is 1. The molecule has 17 heavy (non-hydrogen) atoms. The zero-order valence-corrected chi connectivity index (χ0v) is 9.76. The Morgan fingerprint density at radius 2 is 2.06 bits per heavy atom. The minimum atomic E-state index is 0.123. The molecule has 0 saturated carbocycles. The molecule has 1 saturated heterocycles. The molecular formula is C12H14N4O. The van der Waals surface area contributed by atoms with Crippen molar-refractivity contribution in [3.63, 3.8) is 0 Å². The second-order valence-electron chi connectivity index (χ2n) is 4.01. The first-order valence-corrected chi connectivity index (χ1v) is 5.57. The number of piperazine rings is 1. The lowest BCUT2D eigenvalue weighted by Crippen LogP contribution is -2.48. The quantitative estimate of drug-likeness (QED) is 0.709. The molecule has 1 aromatic heterocycles. The summed E-state index contributed by atoms with van der Waals surface area (Å²) >= 11 is 0. The number of hydrogen-bond donors (Lipinski definition) is 0. The van der Waals surface area contributed by atoms with Crippen LogP contribution in [0.2, 0.25) is 0 Å². The Labute approximate surface area is 100 Å². The van der Waals surface area contributed by atoms with Crippen LogP contribution in [0.15, 0.2) is 18.3 Å². The van der Waals surface area contributed by atoms with E-state index in [2.05, 4.69) is 9.88 Å². The summed E-state index contributed by atoms with van der Waals surface area (Å²) in [5.41, 5.74) is 0.566. The third kappa shape index (κ3) is 2.53. The van der Waals surface area contributed by atoms with E-state index in [1.54, 1.807) is 19.2 Å². The van der Waals surface area contributed by atoms with Gasteiger partial charge in [0.15, 0.2) is 0 Å². The van der Waals surface area contributed by atoms with Crippen LogP contribution in [-0.2, 0) is 4.79 Å². The first-order chi connectivity index (χ1) is 8.20. The third-order valence-electron chi connectivity index (χ3n) is 2.93. The number of hydrogen-bond acceptors (Lipinski definition) is 4. The molecule has 2 heterocycles. The van der Waals surface area contributed by atoms with Crippen molar-refractivity contribution in [2.45, 2.75) is 6.92 Å². The van der Waals surface area contributed by atoms with Crippen molar-refractivity contribution >= 4 is 11.7 Å². The highest BCUT2D eigenvalue weighted by atomic mass is 16.2. The predicted molar refractivity (Wildman–Crippen MR) is 63.4 cm³/mol. The summed E-state index contributed by atoms with van der Waals surface area (Å²) in [5, 5.41) is 8.69. The van der Waals surface area contributed by atoms with E-state index in [-0.39, 0.29) is 5.91 Å². The van der Waals surface area contributed by atoms with E-state index in [1.807, 2.05) is 17.0 Å². The Hall–Kier alpha value is -2.09. The number of anilines is 1. The van der Waals surface area contributed by atoms with E-state index < -0.39 is 0 Å². The first-order valence-electron chi connectivity index (χ1n) is 5.57. The Morgan fingerprint density at radius 3 is 2.53 bits per heavy atom. The minimum Gasteiger partial charge on any atom is -0.353 e. The molecule has 2 rings (SSSR count). The van der Waals surface area contributed by atoms with Gasteiger partial charge in [-0.05, 0) is 12.1 Å². The van der Waals surface area contributed by atoms with Gasteiger partial charge in [-0.3, -0.25) is 4.79 Å². The van der Waals surface area contributed by atoms with Crippen LogP contribution in [0.25, 0.3) is 0 Å². The lowest BCUT2D eigenvalue weighted by Gasteiger charge is -2.34. The fourth-order valence-electron chi connectivity index (χ4n) is 1.89. The van der Waals surface area contributed by atoms with Gasteiger partial charge in [0.2, 0.25) is 5.91 Å². The fraction of sp³-hybridized carbons (Fsp3) is 0.417. The molecule has 0 atom stereocenters. The smallest absolute Gasteiger partial charge is 0.219 e. The molecule has 0 radical (unpaired) electrons. The van der Waals surface area contributed by atoms with Gasteiger partial charge in [0, 0.05) is 39.3 Å². The topological polar surface area (TPSA) is 60.2 Å². The van der Waals surface area contributed by atoms with E-state index in [0.717, 1.165) is 32.0 Å². The second-order valence-corrected chi connectivity index (χ2v) is 4.01. The molecule has 5 heteroatoms. The highest BCUT2D eigenvalue weighted by Crippen LogP contribution is 2.13. The van der Waals surface area contributed by atoms with Gasteiger partial charge >= 0.3 is 0 Å². The Bertz CT molecular complexity index is 441. The van der Waals surface area contributed by atoms with Crippen molar-refractivity contribution in [3.8, 4) is 6.07 Å². The number of carbonyl (C=O) groups excluding carboxylic acids is 1. The van der Waals surface area contributed by atoms with Crippen LogP contribution < -0.4 is 4.90 Å². The number of aromatic nitrogens is 1. The standard InChI is InChI=1S/C12H14N4O/c1-10(17)15-4-6-16(7-5-15)12-3-2-11(8-13)9-14-12/h2-3,9H,4-7H2,1H3. The van der Waals surface area contributed by atoms with Crippen LogP contribution >= 0.6 is 0 Å². The average Bonchev–Trinajstić information content (AvgIpc) is 2.39. The SMILES string of the molecule is CC(=O)N1CCN(c2ccc(C#N)cn2)CC1. The zero-order valence-electron chi connectivity index (χ0n) is 9.76. The van der Waals surface area contributed by atoms with Gasteiger partial charge in [-0.25, -0.2) is 4.98 Å². The molecule has 0 aliphatic carbocycles. The van der Waals surface area contributed by atoms with Gasteiger partial charge in [-0.1, -0.05) is 0 Å². The van der Waals surface area contributed by atoms with Gasteiger partial charge in [0.05, 0.1) is 5.56 Å². The molecule has 1 aliphatic rings. The van der Waals surface area contributed by atoms with Gasteiger partial charge in [0.25, 0.3) is 0 Å². The Morgan fingerprint density at radius 1 is 1.35 bits per heavy atom. The number of pyridine rings is 1. The molecule has 0 N–H and O–H groups in total. The van der Waals surface area contributed by atoms with E-state index in [4.69, 9.17) is 5.26 Å². The van der Waals surface area contributed by atoms with E-state index in [9.17, 15) is 4.79 Å². The monoisotopic (exact) mass is 230 g/mol. The molecule has 1 fully saturated rings. The Kier molecular flexibility index (Phi) is 3.24. The first kappa shape index (κ1) is 11.4. The summed E-state index contributed by atoms with van der Waals surface area (Å²) in [4.78, 5) is 19.4. The van der Waals surface area contributed by atoms with Gasteiger partial charge in [-0.2, -0.15) is 5.26 Å². The molecule has 0 spiro atoms. The molecule has 1 aliphatic heterocycles. The maximum absolute atomic E-state index is 11.2. The molecule has 0 unspecified atom stereocenters. The molecule has 0 bridgehead atoms. The summed E-state index contributed by atoms with van der Waals surface area (Å²) in [5.74, 6) is 0.990. The summed E-state index contributed by atoms with van der Waals surface area (Å²) < 4.78 is 0. The van der Waals surface area contributed by atoms with Gasteiger partial charge in [0.1, 0.15) is 11.9 Å². The molecule has 1 aromatic rings. The molecule has 0 aromatic carbocycles. The lowest BCUT2D eigenvalue weighted by molar-refractivity contribution is -0.129. The van der Waals surface area contributed by atoms with Crippen LogP contribution in [0.5, 0.6) is 0 Å². The third-order valence-corrected chi connectivity index (χ3v) is 2.93. The van der Waals surface area contributed by atoms with E-state index in [1.165, 1.54) is 0 Å². The second kappa shape index (κ2) is 4.83. The largest absolute Gasteiger partial charge is 0.353 e. The normalized spacial score (nSPS) is 15.5. The molecular weight excluding hydrogens is 216 g/mol. The van der Waals surface area contributed by atoms with Crippen molar-refractivity contribution in [2.75, 3.05) is 31.1 Å². The summed E-state index contributed by atoms with van der Waals surface area (Å²) in [6.45, 7) is 4.64. The number of nitrogens with zero attached hydrogens (tertiary/aromatic N) is 4. The van der Waals surface area contributed by atoms with Crippen LogP contribution in [0.4, 0.5) is 5.82 Å². The van der Waals surface area contributed by atoms with Crippen molar-refractivity contribution in [1.82, 2.24) is 9.88 Å². The number of rotatable bonds is 1. The van der Waals surface area contributed by atoms with Crippen molar-refractivity contribution in [3.05, 3.63) is 23.9 Å². The van der Waals surface area contributed by atoms with Crippen LogP contribution in [0, 0.1) is 11.3 Å².